The largest absolute Gasteiger partial charge is 0.507 e. The standard InChI is InChI=1S/C15H19N3O2/c1-20-5-4-9-6-12(15(18)13(17)7-9)11-3-2-10(16)8-14(11)19/h2-3,6-8,19H,4-5,16-18H2,1H3. The van der Waals surface area contributed by atoms with Crippen LogP contribution in [-0.4, -0.2) is 18.8 Å². The van der Waals surface area contributed by atoms with Crippen molar-refractivity contribution in [2.45, 2.75) is 6.42 Å². The third-order valence-corrected chi connectivity index (χ3v) is 3.18. The zero-order chi connectivity index (χ0) is 14.7. The van der Waals surface area contributed by atoms with Crippen molar-refractivity contribution in [2.75, 3.05) is 30.9 Å². The lowest BCUT2D eigenvalue weighted by atomic mass is 9.97. The van der Waals surface area contributed by atoms with Crippen molar-refractivity contribution < 1.29 is 9.84 Å². The average Bonchev–Trinajstić information content (AvgIpc) is 2.40. The van der Waals surface area contributed by atoms with E-state index in [0.717, 1.165) is 12.0 Å². The number of hydrogen-bond donors (Lipinski definition) is 4. The van der Waals surface area contributed by atoms with Crippen molar-refractivity contribution >= 4 is 17.1 Å². The Morgan fingerprint density at radius 1 is 1.05 bits per heavy atom. The molecule has 0 heterocycles. The minimum Gasteiger partial charge on any atom is -0.507 e. The third kappa shape index (κ3) is 2.78. The molecule has 0 aliphatic heterocycles. The summed E-state index contributed by atoms with van der Waals surface area (Å²) >= 11 is 0. The van der Waals surface area contributed by atoms with Crippen LogP contribution in [0.5, 0.6) is 5.75 Å². The molecule has 0 spiro atoms. The topological polar surface area (TPSA) is 108 Å². The van der Waals surface area contributed by atoms with Gasteiger partial charge >= 0.3 is 0 Å². The number of methoxy groups -OCH3 is 1. The Labute approximate surface area is 118 Å². The molecule has 0 fully saturated rings. The fourth-order valence-electron chi connectivity index (χ4n) is 2.10. The first kappa shape index (κ1) is 14.0. The Morgan fingerprint density at radius 3 is 2.45 bits per heavy atom. The van der Waals surface area contributed by atoms with E-state index in [-0.39, 0.29) is 5.75 Å². The van der Waals surface area contributed by atoms with Gasteiger partial charge in [0.05, 0.1) is 18.0 Å². The second-order valence-electron chi connectivity index (χ2n) is 4.67. The summed E-state index contributed by atoms with van der Waals surface area (Å²) in [5.41, 5.74) is 21.4. The van der Waals surface area contributed by atoms with Gasteiger partial charge < -0.3 is 27.0 Å². The highest BCUT2D eigenvalue weighted by molar-refractivity contribution is 5.88. The molecule has 5 nitrogen and oxygen atoms in total. The van der Waals surface area contributed by atoms with E-state index >= 15 is 0 Å². The molecule has 0 aromatic heterocycles. The number of phenols is 1. The van der Waals surface area contributed by atoms with Gasteiger partial charge in [-0.2, -0.15) is 0 Å². The predicted octanol–water partition coefficient (Wildman–Crippen LogP) is 1.99. The summed E-state index contributed by atoms with van der Waals surface area (Å²) in [4.78, 5) is 0. The molecule has 5 heteroatoms. The van der Waals surface area contributed by atoms with Gasteiger partial charge in [0.2, 0.25) is 0 Å². The summed E-state index contributed by atoms with van der Waals surface area (Å²) in [6.45, 7) is 0.594. The van der Waals surface area contributed by atoms with Crippen LogP contribution in [0.4, 0.5) is 17.1 Å². The first-order valence-corrected chi connectivity index (χ1v) is 6.28. The van der Waals surface area contributed by atoms with Gasteiger partial charge in [-0.3, -0.25) is 0 Å². The van der Waals surface area contributed by atoms with Crippen LogP contribution in [0, 0.1) is 0 Å². The number of rotatable bonds is 4. The molecule has 0 unspecified atom stereocenters. The quantitative estimate of drug-likeness (QED) is 0.637. The highest BCUT2D eigenvalue weighted by atomic mass is 16.5. The Bertz CT molecular complexity index is 627. The van der Waals surface area contributed by atoms with Gasteiger partial charge in [0.25, 0.3) is 0 Å². The first-order chi connectivity index (χ1) is 9.52. The first-order valence-electron chi connectivity index (χ1n) is 6.28. The molecule has 106 valence electrons. The second-order valence-corrected chi connectivity index (χ2v) is 4.67. The minimum absolute atomic E-state index is 0.0833. The maximum absolute atomic E-state index is 10.0. The molecular formula is C15H19N3O2. The Kier molecular flexibility index (Phi) is 4.00. The zero-order valence-corrected chi connectivity index (χ0v) is 11.4. The molecule has 0 atom stereocenters. The normalized spacial score (nSPS) is 10.7. The summed E-state index contributed by atoms with van der Waals surface area (Å²) in [5, 5.41) is 10.0. The number of ether oxygens (including phenoxy) is 1. The van der Waals surface area contributed by atoms with Crippen LogP contribution in [0.2, 0.25) is 0 Å². The number of aromatic hydroxyl groups is 1. The van der Waals surface area contributed by atoms with Crippen LogP contribution in [0.1, 0.15) is 5.56 Å². The molecule has 0 amide bonds. The molecule has 0 saturated heterocycles. The van der Waals surface area contributed by atoms with Crippen LogP contribution in [0.25, 0.3) is 11.1 Å². The number of nitrogens with two attached hydrogens (primary N) is 3. The number of anilines is 3. The van der Waals surface area contributed by atoms with Crippen LogP contribution in [-0.2, 0) is 11.2 Å². The van der Waals surface area contributed by atoms with Crippen molar-refractivity contribution in [1.29, 1.82) is 0 Å². The summed E-state index contributed by atoms with van der Waals surface area (Å²) in [7, 11) is 1.65. The highest BCUT2D eigenvalue weighted by Gasteiger charge is 2.12. The molecule has 7 N–H and O–H groups in total. The molecule has 0 bridgehead atoms. The predicted molar refractivity (Wildman–Crippen MR) is 82.4 cm³/mol. The third-order valence-electron chi connectivity index (χ3n) is 3.18. The summed E-state index contributed by atoms with van der Waals surface area (Å²) in [5.74, 6) is 0.0833. The maximum atomic E-state index is 10.0. The Balaban J connectivity index is 2.51. The van der Waals surface area contributed by atoms with Crippen molar-refractivity contribution in [3.63, 3.8) is 0 Å². The molecule has 2 aromatic rings. The van der Waals surface area contributed by atoms with E-state index < -0.39 is 0 Å². The molecule has 0 aliphatic rings. The molecule has 20 heavy (non-hydrogen) atoms. The van der Waals surface area contributed by atoms with Gasteiger partial charge in [0.15, 0.2) is 0 Å². The van der Waals surface area contributed by atoms with E-state index in [1.807, 2.05) is 12.1 Å². The second kappa shape index (κ2) is 5.71. The van der Waals surface area contributed by atoms with Crippen LogP contribution < -0.4 is 17.2 Å². The Morgan fingerprint density at radius 2 is 1.80 bits per heavy atom. The van der Waals surface area contributed by atoms with E-state index in [9.17, 15) is 5.11 Å². The maximum Gasteiger partial charge on any atom is 0.125 e. The van der Waals surface area contributed by atoms with Gasteiger partial charge in [0, 0.05) is 30.0 Å². The minimum atomic E-state index is 0.0833. The molecule has 2 rings (SSSR count). The summed E-state index contributed by atoms with van der Waals surface area (Å²) in [6, 6.07) is 8.68. The van der Waals surface area contributed by atoms with E-state index in [1.54, 1.807) is 19.2 Å². The van der Waals surface area contributed by atoms with Crippen LogP contribution in [0.3, 0.4) is 0 Å². The van der Waals surface area contributed by atoms with Gasteiger partial charge in [0.1, 0.15) is 5.75 Å². The Hall–Kier alpha value is -2.40. The lowest BCUT2D eigenvalue weighted by molar-refractivity contribution is 0.202. The van der Waals surface area contributed by atoms with Crippen molar-refractivity contribution in [2.24, 2.45) is 0 Å². The number of hydrogen-bond acceptors (Lipinski definition) is 5. The number of benzene rings is 2. The van der Waals surface area contributed by atoms with Crippen LogP contribution in [0.15, 0.2) is 30.3 Å². The number of phenolic OH excluding ortho intramolecular Hbond substituents is 1. The van der Waals surface area contributed by atoms with E-state index in [4.69, 9.17) is 21.9 Å². The molecule has 0 aliphatic carbocycles. The fraction of sp³-hybridized carbons (Fsp3) is 0.200. The van der Waals surface area contributed by atoms with Crippen molar-refractivity contribution in [1.82, 2.24) is 0 Å². The molecule has 0 saturated carbocycles. The fourth-order valence-corrected chi connectivity index (χ4v) is 2.10. The average molecular weight is 273 g/mol. The van der Waals surface area contributed by atoms with E-state index in [1.165, 1.54) is 6.07 Å². The van der Waals surface area contributed by atoms with Crippen LogP contribution >= 0.6 is 0 Å². The summed E-state index contributed by atoms with van der Waals surface area (Å²) < 4.78 is 5.06. The smallest absolute Gasteiger partial charge is 0.125 e. The zero-order valence-electron chi connectivity index (χ0n) is 11.4. The lowest BCUT2D eigenvalue weighted by Gasteiger charge is -2.13. The van der Waals surface area contributed by atoms with Gasteiger partial charge in [-0.05, 0) is 36.2 Å². The summed E-state index contributed by atoms with van der Waals surface area (Å²) in [6.07, 6.45) is 0.726. The highest BCUT2D eigenvalue weighted by Crippen LogP contribution is 2.37. The van der Waals surface area contributed by atoms with Gasteiger partial charge in [-0.15, -0.1) is 0 Å². The molecule has 2 aromatic carbocycles. The molecular weight excluding hydrogens is 254 g/mol. The monoisotopic (exact) mass is 273 g/mol. The lowest BCUT2D eigenvalue weighted by Crippen LogP contribution is -2.02. The SMILES string of the molecule is COCCc1cc(N)c(N)c(-c2ccc(N)cc2O)c1. The van der Waals surface area contributed by atoms with Crippen molar-refractivity contribution in [3.05, 3.63) is 35.9 Å². The van der Waals surface area contributed by atoms with Crippen molar-refractivity contribution in [3.8, 4) is 16.9 Å². The van der Waals surface area contributed by atoms with E-state index in [0.29, 0.717) is 34.8 Å². The van der Waals surface area contributed by atoms with Gasteiger partial charge in [-0.1, -0.05) is 0 Å². The van der Waals surface area contributed by atoms with Gasteiger partial charge in [-0.25, -0.2) is 0 Å². The van der Waals surface area contributed by atoms with E-state index in [2.05, 4.69) is 0 Å². The molecule has 0 radical (unpaired) electrons. The number of nitrogen functional groups attached to an aromatic ring is 3.